The fourth-order valence-corrected chi connectivity index (χ4v) is 11.3. The van der Waals surface area contributed by atoms with Crippen molar-refractivity contribution in [2.24, 2.45) is 0 Å². The van der Waals surface area contributed by atoms with Crippen LogP contribution in [0.2, 0.25) is 0 Å². The number of allylic oxidation sites excluding steroid dienone is 19. The van der Waals surface area contributed by atoms with Crippen molar-refractivity contribution >= 4 is 19.7 Å². The van der Waals surface area contributed by atoms with Gasteiger partial charge in [0.1, 0.15) is 19.3 Å². The van der Waals surface area contributed by atoms with Gasteiger partial charge in [0, 0.05) is 12.8 Å². The van der Waals surface area contributed by atoms with Crippen LogP contribution in [-0.2, 0) is 27.9 Å². The van der Waals surface area contributed by atoms with E-state index in [1.165, 1.54) is 167 Å². The van der Waals surface area contributed by atoms with Gasteiger partial charge in [0.2, 0.25) is 5.91 Å². The summed E-state index contributed by atoms with van der Waals surface area (Å²) >= 11 is 0. The molecule has 524 valence electrons. The number of esters is 1. The quantitative estimate of drug-likeness (QED) is 0.0212. The molecule has 1 amide bonds. The molecular formula is C81H143N2O7P. The summed E-state index contributed by atoms with van der Waals surface area (Å²) in [6.45, 7) is 6.71. The molecule has 0 heterocycles. The molecule has 0 fully saturated rings. The van der Waals surface area contributed by atoms with E-state index in [0.29, 0.717) is 17.4 Å². The fourth-order valence-electron chi connectivity index (χ4n) is 10.6. The van der Waals surface area contributed by atoms with Crippen molar-refractivity contribution in [2.75, 3.05) is 40.9 Å². The molecule has 3 atom stereocenters. The van der Waals surface area contributed by atoms with Gasteiger partial charge in [-0.2, -0.15) is 0 Å². The molecular weight excluding hydrogens is 1140 g/mol. The van der Waals surface area contributed by atoms with Crippen molar-refractivity contribution in [1.82, 2.24) is 5.32 Å². The Bertz CT molecular complexity index is 1970. The maximum Gasteiger partial charge on any atom is 0.306 e. The van der Waals surface area contributed by atoms with Crippen LogP contribution in [0.15, 0.2) is 122 Å². The number of nitrogens with one attached hydrogen (secondary N) is 1. The molecule has 0 aliphatic rings. The highest BCUT2D eigenvalue weighted by Gasteiger charge is 2.27. The SMILES string of the molecule is CC/C=C\C/C=C\C/C=C\C/C=C\C/C=C\CCCCCCCCCCCCCC(=O)OC(/C=C/CCCCCCCCCCC)C(COP(=O)([O-])OCC[N+](C)(C)C)NC(=O)CCCCCCCCCCCCC/C=C\C/C=C\C/C=C\C/C=C\CCCCC. The predicted octanol–water partition coefficient (Wildman–Crippen LogP) is 23.9. The minimum absolute atomic E-state index is 0.0281. The van der Waals surface area contributed by atoms with E-state index in [2.05, 4.69) is 135 Å². The topological polar surface area (TPSA) is 114 Å². The molecule has 10 heteroatoms. The Kier molecular flexibility index (Phi) is 66.5. The van der Waals surface area contributed by atoms with Gasteiger partial charge < -0.3 is 28.5 Å². The Morgan fingerprint density at radius 3 is 1.08 bits per heavy atom. The highest BCUT2D eigenvalue weighted by Crippen LogP contribution is 2.38. The molecule has 0 aliphatic carbocycles. The number of carbonyl (C=O) groups is 2. The third-order valence-electron chi connectivity index (χ3n) is 16.4. The average Bonchev–Trinajstić information content (AvgIpc) is 3.03. The molecule has 3 unspecified atom stereocenters. The summed E-state index contributed by atoms with van der Waals surface area (Å²) in [5.41, 5.74) is 0. The predicted molar refractivity (Wildman–Crippen MR) is 394 cm³/mol. The van der Waals surface area contributed by atoms with Gasteiger partial charge in [-0.3, -0.25) is 14.2 Å². The molecule has 0 saturated heterocycles. The maximum atomic E-state index is 13.6. The normalized spacial score (nSPS) is 14.1. The van der Waals surface area contributed by atoms with Gasteiger partial charge in [-0.15, -0.1) is 0 Å². The van der Waals surface area contributed by atoms with Crippen LogP contribution in [0.3, 0.4) is 0 Å². The van der Waals surface area contributed by atoms with Gasteiger partial charge in [0.15, 0.2) is 0 Å². The van der Waals surface area contributed by atoms with Gasteiger partial charge in [-0.05, 0) is 122 Å². The number of phosphoric acid groups is 1. The van der Waals surface area contributed by atoms with Gasteiger partial charge >= 0.3 is 5.97 Å². The van der Waals surface area contributed by atoms with Gasteiger partial charge in [-0.1, -0.05) is 316 Å². The monoisotopic (exact) mass is 1290 g/mol. The van der Waals surface area contributed by atoms with E-state index in [1.807, 2.05) is 33.3 Å². The van der Waals surface area contributed by atoms with Crippen molar-refractivity contribution in [2.45, 2.75) is 341 Å². The summed E-state index contributed by atoms with van der Waals surface area (Å²) in [6.07, 6.45) is 97.6. The number of ether oxygens (including phenoxy) is 1. The first-order valence-electron chi connectivity index (χ1n) is 37.8. The smallest absolute Gasteiger partial charge is 0.306 e. The molecule has 0 aromatic rings. The summed E-state index contributed by atoms with van der Waals surface area (Å²) in [5.74, 6) is -0.547. The minimum atomic E-state index is -4.71. The summed E-state index contributed by atoms with van der Waals surface area (Å²) in [5, 5.41) is 3.04. The largest absolute Gasteiger partial charge is 0.756 e. The third-order valence-corrected chi connectivity index (χ3v) is 17.3. The molecule has 0 bridgehead atoms. The first-order valence-corrected chi connectivity index (χ1v) is 39.3. The number of unbranched alkanes of at least 4 members (excludes halogenated alkanes) is 34. The fraction of sp³-hybridized carbons (Fsp3) is 0.728. The highest BCUT2D eigenvalue weighted by atomic mass is 31.2. The number of likely N-dealkylation sites (N-methyl/N-ethyl adjacent to an activating group) is 1. The van der Waals surface area contributed by atoms with E-state index in [4.69, 9.17) is 13.8 Å². The second-order valence-corrected chi connectivity index (χ2v) is 27.8. The van der Waals surface area contributed by atoms with E-state index < -0.39 is 26.6 Å². The maximum absolute atomic E-state index is 13.6. The average molecular weight is 1290 g/mol. The van der Waals surface area contributed by atoms with E-state index in [9.17, 15) is 19.0 Å². The Morgan fingerprint density at radius 2 is 0.703 bits per heavy atom. The summed E-state index contributed by atoms with van der Waals surface area (Å²) in [4.78, 5) is 40.3. The molecule has 0 aromatic heterocycles. The van der Waals surface area contributed by atoms with Crippen molar-refractivity contribution < 1.29 is 37.3 Å². The lowest BCUT2D eigenvalue weighted by atomic mass is 10.0. The number of nitrogens with zero attached hydrogens (tertiary/aromatic N) is 1. The molecule has 0 radical (unpaired) electrons. The Labute approximate surface area is 563 Å². The van der Waals surface area contributed by atoms with Crippen LogP contribution in [0.1, 0.15) is 329 Å². The Hall–Kier alpha value is -3.59. The Morgan fingerprint density at radius 1 is 0.396 bits per heavy atom. The van der Waals surface area contributed by atoms with Crippen LogP contribution < -0.4 is 10.2 Å². The van der Waals surface area contributed by atoms with Crippen molar-refractivity contribution in [3.63, 3.8) is 0 Å². The molecule has 0 saturated carbocycles. The van der Waals surface area contributed by atoms with Crippen LogP contribution >= 0.6 is 7.82 Å². The van der Waals surface area contributed by atoms with Crippen molar-refractivity contribution in [3.05, 3.63) is 122 Å². The number of hydrogen-bond donors (Lipinski definition) is 1. The summed E-state index contributed by atoms with van der Waals surface area (Å²) in [6, 6.07) is -0.900. The van der Waals surface area contributed by atoms with Crippen LogP contribution in [0.5, 0.6) is 0 Å². The summed E-state index contributed by atoms with van der Waals surface area (Å²) < 4.78 is 30.5. The third kappa shape index (κ3) is 70.6. The molecule has 1 N–H and O–H groups in total. The number of quaternary nitrogens is 1. The van der Waals surface area contributed by atoms with Gasteiger partial charge in [0.05, 0.1) is 33.8 Å². The lowest BCUT2D eigenvalue weighted by Crippen LogP contribution is -2.47. The zero-order chi connectivity index (χ0) is 66.3. The van der Waals surface area contributed by atoms with Crippen molar-refractivity contribution in [1.29, 1.82) is 0 Å². The second kappa shape index (κ2) is 69.2. The number of amides is 1. The molecule has 0 spiro atoms. The first kappa shape index (κ1) is 87.4. The van der Waals surface area contributed by atoms with Crippen LogP contribution in [0, 0.1) is 0 Å². The van der Waals surface area contributed by atoms with Crippen LogP contribution in [0.4, 0.5) is 0 Å². The highest BCUT2D eigenvalue weighted by molar-refractivity contribution is 7.45. The van der Waals surface area contributed by atoms with Crippen molar-refractivity contribution in [3.8, 4) is 0 Å². The van der Waals surface area contributed by atoms with Crippen LogP contribution in [0.25, 0.3) is 0 Å². The number of hydrogen-bond acceptors (Lipinski definition) is 7. The molecule has 0 aromatic carbocycles. The number of rotatable bonds is 68. The van der Waals surface area contributed by atoms with Gasteiger partial charge in [0.25, 0.3) is 7.82 Å². The molecule has 0 rings (SSSR count). The first-order chi connectivity index (χ1) is 44.4. The standard InChI is InChI=1S/C81H143N2O7P/c1-7-10-13-16-19-22-25-27-29-31-33-35-37-39-41-43-45-47-49-51-53-55-58-61-64-67-70-73-80(84)82-78(77-89-91(86,87)88-76-75-83(4,5)6)79(72-69-66-63-60-57-24-21-18-15-12-9-3)90-81(85)74-71-68-65-62-59-56-54-52-50-48-46-44-42-40-38-36-34-32-30-28-26-23-20-17-14-11-8-2/h11,14,19-20,22-23,27-30,33-36,39-42,69,72,78-79H,7-10,12-13,15-18,21,24-26,31-32,37-38,43-68,70-71,73-77H2,1-6H3,(H-,82,84,86,87)/b14-11-,22-19-,23-20-,29-27-,30-28-,35-33-,36-34-,41-39-,42-40-,72-69+. The number of carbonyl (C=O) groups excluding carboxylic acids is 2. The lowest BCUT2D eigenvalue weighted by molar-refractivity contribution is -0.870. The summed E-state index contributed by atoms with van der Waals surface area (Å²) in [7, 11) is 1.17. The van der Waals surface area contributed by atoms with Gasteiger partial charge in [-0.25, -0.2) is 0 Å². The van der Waals surface area contributed by atoms with Crippen LogP contribution in [-0.4, -0.2) is 69.4 Å². The molecule has 91 heavy (non-hydrogen) atoms. The zero-order valence-electron chi connectivity index (χ0n) is 60.0. The number of phosphoric ester groups is 1. The minimum Gasteiger partial charge on any atom is -0.756 e. The van der Waals surface area contributed by atoms with E-state index in [1.54, 1.807) is 0 Å². The van der Waals surface area contributed by atoms with E-state index in [0.717, 1.165) is 128 Å². The second-order valence-electron chi connectivity index (χ2n) is 26.4. The molecule has 9 nitrogen and oxygen atoms in total. The molecule has 0 aliphatic heterocycles. The zero-order valence-corrected chi connectivity index (χ0v) is 60.9. The van der Waals surface area contributed by atoms with E-state index >= 15 is 0 Å². The van der Waals surface area contributed by atoms with E-state index in [-0.39, 0.29) is 24.9 Å². The Balaban J connectivity index is 4.96. The lowest BCUT2D eigenvalue weighted by Gasteiger charge is -2.30.